The Hall–Kier alpha value is -1.33. The van der Waals surface area contributed by atoms with Gasteiger partial charge in [0.1, 0.15) is 5.15 Å². The Labute approximate surface area is 107 Å². The molecule has 0 aliphatic heterocycles. The van der Waals surface area contributed by atoms with E-state index in [0.29, 0.717) is 0 Å². The number of carbonyl (C=O) groups is 2. The maximum absolute atomic E-state index is 11.6. The second kappa shape index (κ2) is 4.89. The van der Waals surface area contributed by atoms with Gasteiger partial charge in [-0.25, -0.2) is 4.98 Å². The minimum Gasteiger partial charge on any atom is -0.273 e. The predicted molar refractivity (Wildman–Crippen MR) is 62.6 cm³/mol. The summed E-state index contributed by atoms with van der Waals surface area (Å²) < 4.78 is 0. The van der Waals surface area contributed by atoms with E-state index in [9.17, 15) is 9.59 Å². The number of hydrogen-bond acceptors (Lipinski definition) is 3. The van der Waals surface area contributed by atoms with Crippen molar-refractivity contribution in [3.05, 3.63) is 28.0 Å². The Balaban J connectivity index is 1.94. The fourth-order valence-corrected chi connectivity index (χ4v) is 1.45. The van der Waals surface area contributed by atoms with Crippen molar-refractivity contribution in [3.8, 4) is 0 Å². The number of hydrogen-bond donors (Lipinski definition) is 2. The zero-order valence-electron chi connectivity index (χ0n) is 8.67. The van der Waals surface area contributed by atoms with Crippen LogP contribution >= 0.6 is 23.2 Å². The van der Waals surface area contributed by atoms with Crippen molar-refractivity contribution in [2.24, 2.45) is 5.92 Å². The molecule has 2 rings (SSSR count). The Bertz CT molecular complexity index is 475. The number of hydrazine groups is 1. The molecule has 0 unspecified atom stereocenters. The van der Waals surface area contributed by atoms with Crippen LogP contribution in [-0.2, 0) is 4.79 Å². The number of halogens is 2. The van der Waals surface area contributed by atoms with Gasteiger partial charge in [-0.1, -0.05) is 23.2 Å². The van der Waals surface area contributed by atoms with Crippen LogP contribution in [0.5, 0.6) is 0 Å². The molecule has 0 atom stereocenters. The average Bonchev–Trinajstić information content (AvgIpc) is 3.13. The molecule has 17 heavy (non-hydrogen) atoms. The molecule has 1 fully saturated rings. The van der Waals surface area contributed by atoms with Crippen molar-refractivity contribution in [2.75, 3.05) is 0 Å². The summed E-state index contributed by atoms with van der Waals surface area (Å²) in [7, 11) is 0. The lowest BCUT2D eigenvalue weighted by Crippen LogP contribution is -2.42. The fraction of sp³-hybridized carbons (Fsp3) is 0.300. The van der Waals surface area contributed by atoms with Crippen LogP contribution in [-0.4, -0.2) is 16.8 Å². The van der Waals surface area contributed by atoms with E-state index < -0.39 is 5.91 Å². The molecule has 1 saturated carbocycles. The normalized spacial score (nSPS) is 14.2. The van der Waals surface area contributed by atoms with Crippen LogP contribution in [0.15, 0.2) is 12.3 Å². The molecule has 2 amide bonds. The molecule has 0 aromatic carbocycles. The number of carbonyl (C=O) groups excluding carboxylic acids is 2. The van der Waals surface area contributed by atoms with Crippen LogP contribution in [0.1, 0.15) is 23.2 Å². The lowest BCUT2D eigenvalue weighted by atomic mass is 10.3. The Morgan fingerprint density at radius 2 is 2.00 bits per heavy atom. The monoisotopic (exact) mass is 273 g/mol. The molecule has 0 bridgehead atoms. The second-order valence-electron chi connectivity index (χ2n) is 3.71. The third kappa shape index (κ3) is 3.08. The van der Waals surface area contributed by atoms with Crippen LogP contribution in [0.4, 0.5) is 0 Å². The molecule has 0 spiro atoms. The van der Waals surface area contributed by atoms with E-state index in [1.165, 1.54) is 12.3 Å². The average molecular weight is 274 g/mol. The van der Waals surface area contributed by atoms with Gasteiger partial charge in [0.25, 0.3) is 5.91 Å². The predicted octanol–water partition coefficient (Wildman–Crippen LogP) is 1.56. The second-order valence-corrected chi connectivity index (χ2v) is 4.48. The molecule has 90 valence electrons. The van der Waals surface area contributed by atoms with E-state index >= 15 is 0 Å². The Morgan fingerprint density at radius 3 is 2.59 bits per heavy atom. The number of rotatable bonds is 2. The lowest BCUT2D eigenvalue weighted by molar-refractivity contribution is -0.123. The summed E-state index contributed by atoms with van der Waals surface area (Å²) in [5.74, 6) is -0.626. The standard InChI is InChI=1S/C10H9Cl2N3O2/c11-7-3-6(4-13-8(7)12)10(17)15-14-9(16)5-1-2-5/h3-5H,1-2H2,(H,14,16)(H,15,17). The van der Waals surface area contributed by atoms with E-state index in [4.69, 9.17) is 23.2 Å². The molecular weight excluding hydrogens is 265 g/mol. The topological polar surface area (TPSA) is 71.1 Å². The molecule has 0 radical (unpaired) electrons. The van der Waals surface area contributed by atoms with Crippen LogP contribution in [0.25, 0.3) is 0 Å². The first kappa shape index (κ1) is 12.1. The quantitative estimate of drug-likeness (QED) is 0.635. The largest absolute Gasteiger partial charge is 0.273 e. The summed E-state index contributed by atoms with van der Waals surface area (Å²) in [4.78, 5) is 26.6. The van der Waals surface area contributed by atoms with Crippen LogP contribution in [0.3, 0.4) is 0 Å². The SMILES string of the molecule is O=C(NNC(=O)C1CC1)c1cnc(Cl)c(Cl)c1. The van der Waals surface area contributed by atoms with Gasteiger partial charge in [0.05, 0.1) is 10.6 Å². The summed E-state index contributed by atoms with van der Waals surface area (Å²) in [6.45, 7) is 0. The lowest BCUT2D eigenvalue weighted by Gasteiger charge is -2.06. The molecule has 0 saturated heterocycles. The van der Waals surface area contributed by atoms with Gasteiger partial charge in [-0.2, -0.15) is 0 Å². The number of aromatic nitrogens is 1. The third-order valence-corrected chi connectivity index (χ3v) is 2.99. The van der Waals surface area contributed by atoms with Gasteiger partial charge in [-0.15, -0.1) is 0 Å². The van der Waals surface area contributed by atoms with Crippen LogP contribution in [0.2, 0.25) is 10.2 Å². The van der Waals surface area contributed by atoms with Crippen molar-refractivity contribution >= 4 is 35.0 Å². The van der Waals surface area contributed by atoms with E-state index in [-0.39, 0.29) is 27.6 Å². The third-order valence-electron chi connectivity index (χ3n) is 2.31. The van der Waals surface area contributed by atoms with Gasteiger partial charge in [0.2, 0.25) is 5.91 Å². The van der Waals surface area contributed by atoms with Crippen LogP contribution in [0, 0.1) is 5.92 Å². The first-order chi connectivity index (χ1) is 8.08. The Kier molecular flexibility index (Phi) is 3.49. The van der Waals surface area contributed by atoms with Gasteiger partial charge in [-0.05, 0) is 18.9 Å². The van der Waals surface area contributed by atoms with Gasteiger partial charge in [-0.3, -0.25) is 20.4 Å². The summed E-state index contributed by atoms with van der Waals surface area (Å²) in [6, 6.07) is 1.38. The first-order valence-electron chi connectivity index (χ1n) is 4.99. The van der Waals surface area contributed by atoms with E-state index in [1.807, 2.05) is 0 Å². The molecule has 5 nitrogen and oxygen atoms in total. The molecule has 1 aliphatic carbocycles. The summed E-state index contributed by atoms with van der Waals surface area (Å²) in [5, 5.41) is 0.318. The maximum atomic E-state index is 11.6. The minimum atomic E-state index is -0.481. The molecule has 7 heteroatoms. The highest BCUT2D eigenvalue weighted by atomic mass is 35.5. The van der Waals surface area contributed by atoms with Gasteiger partial charge in [0, 0.05) is 12.1 Å². The minimum absolute atomic E-state index is 0.0298. The zero-order chi connectivity index (χ0) is 12.4. The van der Waals surface area contributed by atoms with Crippen molar-refractivity contribution in [3.63, 3.8) is 0 Å². The van der Waals surface area contributed by atoms with Crippen molar-refractivity contribution in [1.82, 2.24) is 15.8 Å². The molecule has 2 N–H and O–H groups in total. The highest BCUT2D eigenvalue weighted by molar-refractivity contribution is 6.41. The maximum Gasteiger partial charge on any atom is 0.271 e. The number of nitrogens with zero attached hydrogens (tertiary/aromatic N) is 1. The van der Waals surface area contributed by atoms with E-state index in [0.717, 1.165) is 12.8 Å². The summed E-state index contributed by atoms with van der Waals surface area (Å²) >= 11 is 11.3. The van der Waals surface area contributed by atoms with Crippen molar-refractivity contribution in [1.29, 1.82) is 0 Å². The number of pyridine rings is 1. The summed E-state index contributed by atoms with van der Waals surface area (Å²) in [6.07, 6.45) is 3.03. The highest BCUT2D eigenvalue weighted by Crippen LogP contribution is 2.28. The molecule has 1 aromatic rings. The van der Waals surface area contributed by atoms with Crippen LogP contribution < -0.4 is 10.9 Å². The zero-order valence-corrected chi connectivity index (χ0v) is 10.2. The number of nitrogens with one attached hydrogen (secondary N) is 2. The van der Waals surface area contributed by atoms with E-state index in [1.54, 1.807) is 0 Å². The van der Waals surface area contributed by atoms with Gasteiger partial charge in [0.15, 0.2) is 0 Å². The fourth-order valence-electron chi connectivity index (χ4n) is 1.18. The molecule has 1 aliphatic rings. The first-order valence-corrected chi connectivity index (χ1v) is 5.75. The Morgan fingerprint density at radius 1 is 1.29 bits per heavy atom. The summed E-state index contributed by atoms with van der Waals surface area (Å²) in [5.41, 5.74) is 4.85. The van der Waals surface area contributed by atoms with Crippen molar-refractivity contribution in [2.45, 2.75) is 12.8 Å². The van der Waals surface area contributed by atoms with Gasteiger partial charge < -0.3 is 0 Å². The number of amides is 2. The molecular formula is C10H9Cl2N3O2. The van der Waals surface area contributed by atoms with E-state index in [2.05, 4.69) is 15.8 Å². The molecule has 1 heterocycles. The van der Waals surface area contributed by atoms with Gasteiger partial charge >= 0.3 is 0 Å². The van der Waals surface area contributed by atoms with Crippen molar-refractivity contribution < 1.29 is 9.59 Å². The highest BCUT2D eigenvalue weighted by Gasteiger charge is 2.29. The molecule has 1 aromatic heterocycles. The smallest absolute Gasteiger partial charge is 0.271 e.